The van der Waals surface area contributed by atoms with Crippen LogP contribution in [0.3, 0.4) is 0 Å². The number of halogens is 1. The number of benzene rings is 4. The summed E-state index contributed by atoms with van der Waals surface area (Å²) < 4.78 is 24.6. The van der Waals surface area contributed by atoms with Gasteiger partial charge in [0.1, 0.15) is 34.5 Å². The van der Waals surface area contributed by atoms with Crippen molar-refractivity contribution >= 4 is 44.2 Å². The van der Waals surface area contributed by atoms with Gasteiger partial charge in [0.2, 0.25) is 11.8 Å². The summed E-state index contributed by atoms with van der Waals surface area (Å²) in [5, 5.41) is 12.3. The maximum atomic E-state index is 13.4. The van der Waals surface area contributed by atoms with Gasteiger partial charge in [-0.15, -0.1) is 0 Å². The van der Waals surface area contributed by atoms with Gasteiger partial charge in [-0.05, 0) is 58.1 Å². The fourth-order valence-electron chi connectivity index (χ4n) is 5.46. The highest BCUT2D eigenvalue weighted by molar-refractivity contribution is 8.08. The summed E-state index contributed by atoms with van der Waals surface area (Å²) in [6, 6.07) is 29.2. The molecule has 0 bridgehead atoms. The molecule has 11 nitrogen and oxygen atoms in total. The Bertz CT molecular complexity index is 1830. The Morgan fingerprint density at radius 2 is 1.53 bits per heavy atom. The number of nitrogens with one attached hydrogen (secondary N) is 1. The number of esters is 1. The van der Waals surface area contributed by atoms with Crippen molar-refractivity contribution in [3.63, 3.8) is 0 Å². The molecule has 1 fully saturated rings. The van der Waals surface area contributed by atoms with E-state index in [1.807, 2.05) is 60.7 Å². The largest absolute Gasteiger partial charge is 0.481 e. The predicted octanol–water partition coefficient (Wildman–Crippen LogP) is 5.55. The van der Waals surface area contributed by atoms with Gasteiger partial charge in [-0.2, -0.15) is 0 Å². The molecule has 1 heterocycles. The van der Waals surface area contributed by atoms with Crippen LogP contribution in [-0.2, 0) is 42.2 Å². The Balaban J connectivity index is 1.27. The molecule has 4 atom stereocenters. The molecule has 4 aromatic rings. The number of nitro groups is 1. The lowest BCUT2D eigenvalue weighted by molar-refractivity contribution is -0.384. The Morgan fingerprint density at radius 1 is 0.959 bits per heavy atom. The quantitative estimate of drug-likeness (QED) is 0.0450. The molecule has 4 unspecified atom stereocenters. The van der Waals surface area contributed by atoms with Crippen molar-refractivity contribution in [1.29, 1.82) is 0 Å². The molecule has 13 heteroatoms. The molecule has 4 aromatic carbocycles. The highest BCUT2D eigenvalue weighted by Gasteiger charge is 2.56. The van der Waals surface area contributed by atoms with Gasteiger partial charge in [0.05, 0.1) is 11.3 Å². The van der Waals surface area contributed by atoms with Gasteiger partial charge in [0.25, 0.3) is 5.69 Å². The molecule has 252 valence electrons. The van der Waals surface area contributed by atoms with E-state index in [-0.39, 0.29) is 24.3 Å². The zero-order valence-electron chi connectivity index (χ0n) is 26.3. The lowest BCUT2D eigenvalue weighted by atomic mass is 9.98. The van der Waals surface area contributed by atoms with E-state index in [1.165, 1.54) is 31.2 Å². The molecular formula is C36H32ClN3O8S. The number of hydrogen-bond acceptors (Lipinski definition) is 8. The minimum Gasteiger partial charge on any atom is -0.481 e. The second-order valence-corrected chi connectivity index (χ2v) is 13.2. The molecule has 1 N–H and O–H groups in total. The van der Waals surface area contributed by atoms with E-state index in [4.69, 9.17) is 20.2 Å². The number of nitrogens with zero attached hydrogens (tertiary/aromatic N) is 2. The maximum Gasteiger partial charge on any atom is 0.333 e. The normalized spacial score (nSPS) is 16.6. The average Bonchev–Trinajstić information content (AvgIpc) is 3.10. The number of carbonyl (C=O) groups is 3. The lowest BCUT2D eigenvalue weighted by Gasteiger charge is -2.48. The summed E-state index contributed by atoms with van der Waals surface area (Å²) in [6.07, 6.45) is -0.630. The predicted molar refractivity (Wildman–Crippen MR) is 184 cm³/mol. The number of β-lactam (4-membered cyclic amide) rings is 1. The van der Waals surface area contributed by atoms with E-state index in [1.54, 1.807) is 24.3 Å². The fraction of sp³-hybridized carbons (Fsp3) is 0.194. The Morgan fingerprint density at radius 3 is 2.08 bits per heavy atom. The smallest absolute Gasteiger partial charge is 0.333 e. The average molecular weight is 702 g/mol. The van der Waals surface area contributed by atoms with Gasteiger partial charge in [0.15, 0.2) is 11.4 Å². The number of hydrogen-bond donors (Lipinski definition) is 1. The van der Waals surface area contributed by atoms with E-state index in [2.05, 4.69) is 11.9 Å². The monoisotopic (exact) mass is 701 g/mol. The van der Waals surface area contributed by atoms with Crippen molar-refractivity contribution in [2.24, 2.45) is 0 Å². The van der Waals surface area contributed by atoms with Gasteiger partial charge < -0.3 is 19.7 Å². The number of likely N-dealkylation sites (tertiary alicyclic amines) is 1. The number of amides is 2. The van der Waals surface area contributed by atoms with Crippen molar-refractivity contribution in [2.45, 2.75) is 43.5 Å². The van der Waals surface area contributed by atoms with Gasteiger partial charge in [-0.1, -0.05) is 85.4 Å². The van der Waals surface area contributed by atoms with Crippen molar-refractivity contribution in [3.05, 3.63) is 154 Å². The zero-order valence-corrected chi connectivity index (χ0v) is 27.8. The molecule has 0 aliphatic carbocycles. The minimum atomic E-state index is -2.20. The molecule has 1 saturated heterocycles. The number of para-hydroxylation sites is 1. The molecule has 5 rings (SSSR count). The summed E-state index contributed by atoms with van der Waals surface area (Å²) in [5.74, 6) is -1.64. The van der Waals surface area contributed by atoms with Crippen LogP contribution in [0.1, 0.15) is 35.3 Å². The maximum absolute atomic E-state index is 13.4. The first-order chi connectivity index (χ1) is 23.5. The van der Waals surface area contributed by atoms with Gasteiger partial charge in [0, 0.05) is 17.7 Å². The fourth-order valence-corrected chi connectivity index (χ4v) is 6.83. The van der Waals surface area contributed by atoms with E-state index < -0.39 is 56.3 Å². The lowest BCUT2D eigenvalue weighted by Crippen LogP contribution is -2.75. The summed E-state index contributed by atoms with van der Waals surface area (Å²) in [5.41, 5.74) is 2.95. The number of nitro benzene ring substituents is 1. The summed E-state index contributed by atoms with van der Waals surface area (Å²) >= 11 is 0. The zero-order chi connectivity index (χ0) is 35.1. The third-order valence-corrected chi connectivity index (χ3v) is 9.28. The van der Waals surface area contributed by atoms with Crippen LogP contribution in [0.25, 0.3) is 0 Å². The SMILES string of the molecule is C=C(C)C(C(=O)OCc1ccc([N+](=O)[O-])cc1)N1C(=O)C(NC(=O)Cc2ccccc2OC(c2ccccc2)c2ccccc2)C1S(=O)Cl. The standard InChI is InChI=1S/C36H32ClN3O8S/c1-23(2)32(36(43)47-22-24-17-19-28(20-18-24)40(44)45)39-34(42)31(35(39)49(37)46)38-30(41)21-27-15-9-10-16-29(27)48-33(25-11-5-3-6-12-25)26-13-7-4-8-14-26/h3-20,31-33,35H,1,21-22H2,2H3,(H,38,41). The number of rotatable bonds is 14. The molecule has 1 aliphatic rings. The van der Waals surface area contributed by atoms with Crippen LogP contribution in [0.15, 0.2) is 121 Å². The van der Waals surface area contributed by atoms with Crippen molar-refractivity contribution in [2.75, 3.05) is 0 Å². The first-order valence-corrected chi connectivity index (χ1v) is 17.2. The summed E-state index contributed by atoms with van der Waals surface area (Å²) in [4.78, 5) is 51.3. The van der Waals surface area contributed by atoms with Crippen LogP contribution < -0.4 is 10.1 Å². The van der Waals surface area contributed by atoms with Crippen LogP contribution in [0.4, 0.5) is 5.69 Å². The molecule has 0 aromatic heterocycles. The third kappa shape index (κ3) is 8.22. The van der Waals surface area contributed by atoms with Crippen LogP contribution in [0, 0.1) is 10.1 Å². The highest BCUT2D eigenvalue weighted by atomic mass is 35.7. The van der Waals surface area contributed by atoms with Crippen LogP contribution in [0.5, 0.6) is 5.75 Å². The third-order valence-electron chi connectivity index (χ3n) is 7.86. The van der Waals surface area contributed by atoms with Crippen LogP contribution in [0.2, 0.25) is 0 Å². The molecule has 49 heavy (non-hydrogen) atoms. The first-order valence-electron chi connectivity index (χ1n) is 15.1. The van der Waals surface area contributed by atoms with Crippen molar-refractivity contribution < 1.29 is 33.0 Å². The molecule has 2 amide bonds. The van der Waals surface area contributed by atoms with Crippen molar-refractivity contribution in [3.8, 4) is 5.75 Å². The Hall–Kier alpha value is -5.33. The number of ether oxygens (including phenoxy) is 2. The van der Waals surface area contributed by atoms with Crippen LogP contribution in [-0.4, -0.2) is 49.3 Å². The Labute approximate surface area is 289 Å². The summed E-state index contributed by atoms with van der Waals surface area (Å²) in [6.45, 7) is 5.06. The van der Waals surface area contributed by atoms with Gasteiger partial charge >= 0.3 is 5.97 Å². The second kappa shape index (κ2) is 15.7. The van der Waals surface area contributed by atoms with E-state index in [9.17, 15) is 28.7 Å². The van der Waals surface area contributed by atoms with Crippen molar-refractivity contribution in [1.82, 2.24) is 10.2 Å². The minimum absolute atomic E-state index is 0.124. The molecule has 0 saturated carbocycles. The van der Waals surface area contributed by atoms with E-state index in [0.29, 0.717) is 16.9 Å². The summed E-state index contributed by atoms with van der Waals surface area (Å²) in [7, 11) is 3.82. The molecule has 1 aliphatic heterocycles. The van der Waals surface area contributed by atoms with E-state index in [0.717, 1.165) is 16.0 Å². The van der Waals surface area contributed by atoms with Crippen LogP contribution >= 0.6 is 10.7 Å². The topological polar surface area (TPSA) is 145 Å². The first kappa shape index (κ1) is 35.0. The molecule has 0 spiro atoms. The highest BCUT2D eigenvalue weighted by Crippen LogP contribution is 2.33. The Kier molecular flexibility index (Phi) is 11.2. The molecule has 0 radical (unpaired) electrons. The van der Waals surface area contributed by atoms with E-state index >= 15 is 0 Å². The van der Waals surface area contributed by atoms with Gasteiger partial charge in [-0.3, -0.25) is 19.7 Å². The number of carbonyl (C=O) groups excluding carboxylic acids is 3. The second-order valence-electron chi connectivity index (χ2n) is 11.3. The van der Waals surface area contributed by atoms with Gasteiger partial charge in [-0.25, -0.2) is 9.00 Å². The molecular weight excluding hydrogens is 670 g/mol. The number of non-ortho nitro benzene ring substituents is 1.